The number of rotatable bonds is 5. The van der Waals surface area contributed by atoms with E-state index in [-0.39, 0.29) is 0 Å². The zero-order chi connectivity index (χ0) is 13.8. The Morgan fingerprint density at radius 2 is 1.89 bits per heavy atom. The largest absolute Gasteiger partial charge is 0.316 e. The molecule has 2 rings (SSSR count). The molecule has 0 spiro atoms. The first-order chi connectivity index (χ1) is 9.08. The van der Waals surface area contributed by atoms with Crippen molar-refractivity contribution in [2.24, 2.45) is 0 Å². The maximum absolute atomic E-state index is 4.62. The van der Waals surface area contributed by atoms with Crippen LogP contribution >= 0.6 is 27.3 Å². The summed E-state index contributed by atoms with van der Waals surface area (Å²) in [5.74, 6) is 0. The van der Waals surface area contributed by atoms with E-state index in [9.17, 15) is 0 Å². The van der Waals surface area contributed by atoms with Crippen LogP contribution in [0.5, 0.6) is 0 Å². The highest BCUT2D eigenvalue weighted by Crippen LogP contribution is 2.19. The molecule has 0 aliphatic rings. The monoisotopic (exact) mass is 338 g/mol. The van der Waals surface area contributed by atoms with Crippen molar-refractivity contribution in [2.75, 3.05) is 7.05 Å². The Labute approximate surface area is 127 Å². The number of hydrogen-bond acceptors (Lipinski definition) is 3. The smallest absolute Gasteiger partial charge is 0.0946 e. The van der Waals surface area contributed by atoms with Crippen molar-refractivity contribution in [3.8, 4) is 0 Å². The number of thiazole rings is 1. The fourth-order valence-corrected chi connectivity index (χ4v) is 3.30. The fourth-order valence-electron chi connectivity index (χ4n) is 2.02. The summed E-state index contributed by atoms with van der Waals surface area (Å²) in [5.41, 5.74) is 2.52. The molecule has 19 heavy (non-hydrogen) atoms. The SMILES string of the molecule is CNC(Cc1ccc(Br)cc1)Cc1nc(C)c(C)s1. The first-order valence-electron chi connectivity index (χ1n) is 6.43. The molecule has 1 heterocycles. The Hall–Kier alpha value is -0.710. The molecule has 0 bridgehead atoms. The Balaban J connectivity index is 2.02. The third-order valence-corrected chi connectivity index (χ3v) is 4.92. The number of halogens is 1. The van der Waals surface area contributed by atoms with Gasteiger partial charge in [0.2, 0.25) is 0 Å². The van der Waals surface area contributed by atoms with Crippen LogP contribution in [0, 0.1) is 13.8 Å². The minimum absolute atomic E-state index is 0.436. The molecule has 0 fully saturated rings. The third kappa shape index (κ3) is 4.13. The molecule has 2 nitrogen and oxygen atoms in total. The molecule has 2 aromatic rings. The van der Waals surface area contributed by atoms with Gasteiger partial charge >= 0.3 is 0 Å². The van der Waals surface area contributed by atoms with Crippen molar-refractivity contribution in [1.82, 2.24) is 10.3 Å². The second-order valence-corrected chi connectivity index (χ2v) is 6.97. The number of nitrogens with zero attached hydrogens (tertiary/aromatic N) is 1. The lowest BCUT2D eigenvalue weighted by molar-refractivity contribution is 0.555. The predicted octanol–water partition coefficient (Wildman–Crippen LogP) is 3.90. The molecule has 0 aliphatic heterocycles. The highest BCUT2D eigenvalue weighted by Gasteiger charge is 2.12. The second kappa shape index (κ2) is 6.64. The number of aromatic nitrogens is 1. The summed E-state index contributed by atoms with van der Waals surface area (Å²) < 4.78 is 1.13. The van der Waals surface area contributed by atoms with E-state index >= 15 is 0 Å². The standard InChI is InChI=1S/C15H19BrN2S/c1-10-11(2)19-15(18-10)9-14(17-3)8-12-4-6-13(16)7-5-12/h4-7,14,17H,8-9H2,1-3H3. The Morgan fingerprint density at radius 1 is 1.21 bits per heavy atom. The van der Waals surface area contributed by atoms with E-state index < -0.39 is 0 Å². The Morgan fingerprint density at radius 3 is 2.42 bits per heavy atom. The summed E-state index contributed by atoms with van der Waals surface area (Å²) in [7, 11) is 2.02. The van der Waals surface area contributed by atoms with Gasteiger partial charge < -0.3 is 5.32 Å². The number of nitrogens with one attached hydrogen (secondary N) is 1. The average molecular weight is 339 g/mol. The first kappa shape index (κ1) is 14.7. The maximum atomic E-state index is 4.62. The van der Waals surface area contributed by atoms with E-state index in [1.807, 2.05) is 18.4 Å². The first-order valence-corrected chi connectivity index (χ1v) is 8.04. The van der Waals surface area contributed by atoms with Crippen LogP contribution in [0.4, 0.5) is 0 Å². The van der Waals surface area contributed by atoms with Gasteiger partial charge in [-0.3, -0.25) is 0 Å². The summed E-state index contributed by atoms with van der Waals surface area (Å²) in [4.78, 5) is 5.95. The highest BCUT2D eigenvalue weighted by molar-refractivity contribution is 9.10. The van der Waals surface area contributed by atoms with Gasteiger partial charge in [0.05, 0.1) is 10.7 Å². The van der Waals surface area contributed by atoms with Gasteiger partial charge in [0.1, 0.15) is 0 Å². The number of likely N-dealkylation sites (N-methyl/N-ethyl adjacent to an activating group) is 1. The van der Waals surface area contributed by atoms with Gasteiger partial charge in [-0.15, -0.1) is 11.3 Å². The average Bonchev–Trinajstić information content (AvgIpc) is 2.70. The number of benzene rings is 1. The minimum Gasteiger partial charge on any atom is -0.316 e. The van der Waals surface area contributed by atoms with E-state index in [1.54, 1.807) is 0 Å². The van der Waals surface area contributed by atoms with Crippen LogP contribution in [0.25, 0.3) is 0 Å². The molecule has 1 N–H and O–H groups in total. The van der Waals surface area contributed by atoms with Crippen LogP contribution in [-0.2, 0) is 12.8 Å². The van der Waals surface area contributed by atoms with Crippen molar-refractivity contribution in [2.45, 2.75) is 32.7 Å². The Bertz CT molecular complexity index is 514. The molecular weight excluding hydrogens is 320 g/mol. The van der Waals surface area contributed by atoms with Gasteiger partial charge in [0.15, 0.2) is 0 Å². The summed E-state index contributed by atoms with van der Waals surface area (Å²) in [6.45, 7) is 4.22. The van der Waals surface area contributed by atoms with Crippen molar-refractivity contribution in [3.63, 3.8) is 0 Å². The van der Waals surface area contributed by atoms with E-state index in [0.29, 0.717) is 6.04 Å². The van der Waals surface area contributed by atoms with Crippen molar-refractivity contribution in [1.29, 1.82) is 0 Å². The summed E-state index contributed by atoms with van der Waals surface area (Å²) in [6, 6.07) is 8.98. The third-order valence-electron chi connectivity index (χ3n) is 3.30. The molecular formula is C15H19BrN2S. The molecule has 1 aromatic heterocycles. The molecule has 1 atom stereocenters. The Kier molecular flexibility index (Phi) is 5.13. The van der Waals surface area contributed by atoms with Crippen LogP contribution < -0.4 is 5.32 Å². The normalized spacial score (nSPS) is 12.6. The fraction of sp³-hybridized carbons (Fsp3) is 0.400. The van der Waals surface area contributed by atoms with E-state index in [0.717, 1.165) is 17.3 Å². The second-order valence-electron chi connectivity index (χ2n) is 4.77. The van der Waals surface area contributed by atoms with E-state index in [1.165, 1.54) is 21.1 Å². The van der Waals surface area contributed by atoms with Gasteiger partial charge in [0, 0.05) is 21.8 Å². The van der Waals surface area contributed by atoms with Crippen LogP contribution in [-0.4, -0.2) is 18.1 Å². The van der Waals surface area contributed by atoms with Gasteiger partial charge in [-0.25, -0.2) is 4.98 Å². The van der Waals surface area contributed by atoms with Crippen LogP contribution in [0.1, 0.15) is 21.1 Å². The molecule has 0 saturated carbocycles. The zero-order valence-electron chi connectivity index (χ0n) is 11.5. The molecule has 0 aliphatic carbocycles. The van der Waals surface area contributed by atoms with E-state index in [4.69, 9.17) is 0 Å². The molecule has 0 saturated heterocycles. The van der Waals surface area contributed by atoms with Gasteiger partial charge in [-0.2, -0.15) is 0 Å². The van der Waals surface area contributed by atoms with Gasteiger partial charge in [0.25, 0.3) is 0 Å². The number of hydrogen-bond donors (Lipinski definition) is 1. The lowest BCUT2D eigenvalue weighted by Gasteiger charge is -2.14. The topological polar surface area (TPSA) is 24.9 Å². The van der Waals surface area contributed by atoms with Gasteiger partial charge in [-0.1, -0.05) is 28.1 Å². The van der Waals surface area contributed by atoms with Gasteiger partial charge in [-0.05, 0) is 45.0 Å². The summed E-state index contributed by atoms with van der Waals surface area (Å²) in [6.07, 6.45) is 2.02. The minimum atomic E-state index is 0.436. The van der Waals surface area contributed by atoms with Crippen molar-refractivity contribution in [3.05, 3.63) is 49.9 Å². The van der Waals surface area contributed by atoms with Crippen LogP contribution in [0.2, 0.25) is 0 Å². The van der Waals surface area contributed by atoms with E-state index in [2.05, 4.69) is 64.3 Å². The number of aryl methyl sites for hydroxylation is 2. The lowest BCUT2D eigenvalue weighted by atomic mass is 10.0. The lowest BCUT2D eigenvalue weighted by Crippen LogP contribution is -2.29. The zero-order valence-corrected chi connectivity index (χ0v) is 13.9. The van der Waals surface area contributed by atoms with Crippen molar-refractivity contribution >= 4 is 27.3 Å². The predicted molar refractivity (Wildman–Crippen MR) is 86.0 cm³/mol. The molecule has 4 heteroatoms. The molecule has 102 valence electrons. The molecule has 1 unspecified atom stereocenters. The van der Waals surface area contributed by atoms with Crippen LogP contribution in [0.15, 0.2) is 28.7 Å². The molecule has 0 amide bonds. The van der Waals surface area contributed by atoms with Crippen LogP contribution in [0.3, 0.4) is 0 Å². The van der Waals surface area contributed by atoms with Crippen molar-refractivity contribution < 1.29 is 0 Å². The molecule has 0 radical (unpaired) electrons. The summed E-state index contributed by atoms with van der Waals surface area (Å²) in [5, 5.41) is 4.63. The maximum Gasteiger partial charge on any atom is 0.0946 e. The highest BCUT2D eigenvalue weighted by atomic mass is 79.9. The quantitative estimate of drug-likeness (QED) is 0.894. The summed E-state index contributed by atoms with van der Waals surface area (Å²) >= 11 is 5.28. The molecule has 1 aromatic carbocycles.